The van der Waals surface area contributed by atoms with Crippen LogP contribution in [0.4, 0.5) is 0 Å². The van der Waals surface area contributed by atoms with Gasteiger partial charge in [0, 0.05) is 19.3 Å². The average molecular weight is 1030 g/mol. The Labute approximate surface area is 455 Å². The third-order valence-electron chi connectivity index (χ3n) is 14.9. The summed E-state index contributed by atoms with van der Waals surface area (Å²) >= 11 is 0. The van der Waals surface area contributed by atoms with Crippen molar-refractivity contribution in [3.05, 3.63) is 24.3 Å². The Morgan fingerprint density at radius 2 is 0.452 bits per heavy atom. The fourth-order valence-electron chi connectivity index (χ4n) is 9.97. The maximum absolute atomic E-state index is 12.9. The van der Waals surface area contributed by atoms with Crippen molar-refractivity contribution in [1.82, 2.24) is 0 Å². The first kappa shape index (κ1) is 70.9. The van der Waals surface area contributed by atoms with Crippen molar-refractivity contribution in [2.45, 2.75) is 374 Å². The van der Waals surface area contributed by atoms with Gasteiger partial charge >= 0.3 is 17.9 Å². The van der Waals surface area contributed by atoms with Crippen molar-refractivity contribution in [3.63, 3.8) is 0 Å². The van der Waals surface area contributed by atoms with Gasteiger partial charge in [0.25, 0.3) is 0 Å². The number of unbranched alkanes of at least 4 members (excludes halogenated alkanes) is 46. The Bertz CT molecular complexity index is 1180. The monoisotopic (exact) mass is 1030 g/mol. The number of allylic oxidation sites excluding steroid dienone is 4. The van der Waals surface area contributed by atoms with Crippen LogP contribution in [0, 0.1) is 0 Å². The summed E-state index contributed by atoms with van der Waals surface area (Å²) < 4.78 is 16.9. The Balaban J connectivity index is 4.23. The van der Waals surface area contributed by atoms with Crippen LogP contribution in [-0.4, -0.2) is 37.2 Å². The molecule has 0 aliphatic rings. The molecule has 0 rings (SSSR count). The number of hydrogen-bond donors (Lipinski definition) is 0. The lowest BCUT2D eigenvalue weighted by molar-refractivity contribution is -0.167. The van der Waals surface area contributed by atoms with Crippen LogP contribution >= 0.6 is 0 Å². The summed E-state index contributed by atoms with van der Waals surface area (Å²) in [5.41, 5.74) is 0. The molecule has 73 heavy (non-hydrogen) atoms. The molecule has 0 fully saturated rings. The predicted molar refractivity (Wildman–Crippen MR) is 316 cm³/mol. The molecule has 0 bridgehead atoms. The maximum atomic E-state index is 12.9. The largest absolute Gasteiger partial charge is 0.462 e. The van der Waals surface area contributed by atoms with E-state index in [1.165, 1.54) is 257 Å². The SMILES string of the molecule is CCCCCCCC/C=C\CCCCCCCC(=O)OCC(COC(=O)CCCCCCCCCCCCCCCCCCCCCCCCCCC)OC(=O)CCCCCCC/C=C\CCCCCCCC. The number of esters is 3. The second-order valence-electron chi connectivity index (χ2n) is 22.4. The van der Waals surface area contributed by atoms with E-state index in [1.54, 1.807) is 0 Å². The van der Waals surface area contributed by atoms with Gasteiger partial charge in [0.05, 0.1) is 0 Å². The number of carbonyl (C=O) groups is 3. The third-order valence-corrected chi connectivity index (χ3v) is 14.9. The number of hydrogen-bond acceptors (Lipinski definition) is 6. The van der Waals surface area contributed by atoms with Crippen molar-refractivity contribution in [3.8, 4) is 0 Å². The van der Waals surface area contributed by atoms with Crippen LogP contribution in [0.2, 0.25) is 0 Å². The highest BCUT2D eigenvalue weighted by Gasteiger charge is 2.19. The molecule has 0 heterocycles. The first-order valence-corrected chi connectivity index (χ1v) is 32.8. The quantitative estimate of drug-likeness (QED) is 0.0261. The zero-order valence-electron chi connectivity index (χ0n) is 49.4. The molecule has 1 atom stereocenters. The van der Waals surface area contributed by atoms with E-state index in [-0.39, 0.29) is 31.1 Å². The lowest BCUT2D eigenvalue weighted by atomic mass is 10.0. The molecule has 0 saturated carbocycles. The van der Waals surface area contributed by atoms with Crippen molar-refractivity contribution in [2.24, 2.45) is 0 Å². The molecule has 0 spiro atoms. The molecule has 0 aromatic heterocycles. The Hall–Kier alpha value is -2.11. The van der Waals surface area contributed by atoms with Crippen LogP contribution in [0.5, 0.6) is 0 Å². The minimum Gasteiger partial charge on any atom is -0.462 e. The van der Waals surface area contributed by atoms with E-state index in [1.807, 2.05) is 0 Å². The van der Waals surface area contributed by atoms with Gasteiger partial charge < -0.3 is 14.2 Å². The van der Waals surface area contributed by atoms with Crippen molar-refractivity contribution in [2.75, 3.05) is 13.2 Å². The van der Waals surface area contributed by atoms with E-state index in [2.05, 4.69) is 45.1 Å². The van der Waals surface area contributed by atoms with Gasteiger partial charge in [-0.3, -0.25) is 14.4 Å². The average Bonchev–Trinajstić information content (AvgIpc) is 3.39. The van der Waals surface area contributed by atoms with Crippen LogP contribution in [0.1, 0.15) is 367 Å². The van der Waals surface area contributed by atoms with Crippen LogP contribution in [0.25, 0.3) is 0 Å². The van der Waals surface area contributed by atoms with Crippen molar-refractivity contribution < 1.29 is 28.6 Å². The standard InChI is InChI=1S/C67H126O6/c1-4-7-10-13-16-19-22-25-28-29-30-31-32-33-34-35-36-37-40-42-45-48-51-54-57-60-66(69)72-63-64(73-67(70)61-58-55-52-49-46-43-39-27-24-21-18-15-12-9-6-3)62-71-65(68)59-56-53-50-47-44-41-38-26-23-20-17-14-11-8-5-2/h26-27,38-39,64H,4-25,28-37,40-63H2,1-3H3/b38-26-,39-27-. The van der Waals surface area contributed by atoms with Crippen LogP contribution in [-0.2, 0) is 28.6 Å². The van der Waals surface area contributed by atoms with Gasteiger partial charge in [0.1, 0.15) is 13.2 Å². The van der Waals surface area contributed by atoms with E-state index in [4.69, 9.17) is 14.2 Å². The lowest BCUT2D eigenvalue weighted by Gasteiger charge is -2.18. The molecule has 0 N–H and O–H groups in total. The lowest BCUT2D eigenvalue weighted by Crippen LogP contribution is -2.30. The highest BCUT2D eigenvalue weighted by Crippen LogP contribution is 2.18. The molecular formula is C67H126O6. The van der Waals surface area contributed by atoms with Crippen LogP contribution in [0.15, 0.2) is 24.3 Å². The molecular weight excluding hydrogens is 901 g/mol. The summed E-state index contributed by atoms with van der Waals surface area (Å²) in [6, 6.07) is 0. The Morgan fingerprint density at radius 3 is 0.685 bits per heavy atom. The van der Waals surface area contributed by atoms with Gasteiger partial charge in [-0.2, -0.15) is 0 Å². The summed E-state index contributed by atoms with van der Waals surface area (Å²) in [5, 5.41) is 0. The van der Waals surface area contributed by atoms with Gasteiger partial charge in [-0.1, -0.05) is 302 Å². The number of carbonyl (C=O) groups excluding carboxylic acids is 3. The molecule has 0 saturated heterocycles. The molecule has 0 aromatic carbocycles. The zero-order chi connectivity index (χ0) is 52.9. The predicted octanol–water partition coefficient (Wildman–Crippen LogP) is 22.2. The zero-order valence-corrected chi connectivity index (χ0v) is 49.4. The molecule has 0 radical (unpaired) electrons. The van der Waals surface area contributed by atoms with Gasteiger partial charge in [-0.15, -0.1) is 0 Å². The first-order valence-electron chi connectivity index (χ1n) is 32.8. The Kier molecular flexibility index (Phi) is 60.6. The summed E-state index contributed by atoms with van der Waals surface area (Å²) in [5.74, 6) is -0.864. The molecule has 0 amide bonds. The van der Waals surface area contributed by atoms with Crippen LogP contribution in [0.3, 0.4) is 0 Å². The van der Waals surface area contributed by atoms with E-state index in [0.29, 0.717) is 19.3 Å². The number of rotatable bonds is 61. The summed E-state index contributed by atoms with van der Waals surface area (Å²) in [7, 11) is 0. The van der Waals surface area contributed by atoms with E-state index in [0.717, 1.165) is 70.6 Å². The minimum atomic E-state index is -0.776. The van der Waals surface area contributed by atoms with Gasteiger partial charge in [0.2, 0.25) is 0 Å². The molecule has 6 heteroatoms. The summed E-state index contributed by atoms with van der Waals surface area (Å²) in [4.78, 5) is 38.3. The van der Waals surface area contributed by atoms with Crippen molar-refractivity contribution >= 4 is 17.9 Å². The Morgan fingerprint density at radius 1 is 0.260 bits per heavy atom. The first-order chi connectivity index (χ1) is 36.0. The molecule has 430 valence electrons. The normalized spacial score (nSPS) is 12.1. The van der Waals surface area contributed by atoms with E-state index >= 15 is 0 Å². The molecule has 6 nitrogen and oxygen atoms in total. The van der Waals surface area contributed by atoms with Gasteiger partial charge in [-0.25, -0.2) is 0 Å². The second kappa shape index (κ2) is 62.4. The molecule has 0 aliphatic carbocycles. The fourth-order valence-corrected chi connectivity index (χ4v) is 9.97. The fraction of sp³-hybridized carbons (Fsp3) is 0.896. The van der Waals surface area contributed by atoms with E-state index < -0.39 is 6.10 Å². The van der Waals surface area contributed by atoms with Gasteiger partial charge in [-0.05, 0) is 70.6 Å². The molecule has 0 aromatic rings. The summed E-state index contributed by atoms with van der Waals surface area (Å²) in [6.07, 6.45) is 74.8. The highest BCUT2D eigenvalue weighted by atomic mass is 16.6. The third kappa shape index (κ3) is 60.6. The highest BCUT2D eigenvalue weighted by molar-refractivity contribution is 5.71. The molecule has 1 unspecified atom stereocenters. The van der Waals surface area contributed by atoms with Crippen molar-refractivity contribution in [1.29, 1.82) is 0 Å². The second-order valence-corrected chi connectivity index (χ2v) is 22.4. The topological polar surface area (TPSA) is 78.9 Å². The molecule has 0 aliphatic heterocycles. The number of ether oxygens (including phenoxy) is 3. The smallest absolute Gasteiger partial charge is 0.306 e. The van der Waals surface area contributed by atoms with Gasteiger partial charge in [0.15, 0.2) is 6.10 Å². The summed E-state index contributed by atoms with van der Waals surface area (Å²) in [6.45, 7) is 6.68. The van der Waals surface area contributed by atoms with Crippen LogP contribution < -0.4 is 0 Å². The van der Waals surface area contributed by atoms with E-state index in [9.17, 15) is 14.4 Å². The minimum absolute atomic E-state index is 0.0723. The maximum Gasteiger partial charge on any atom is 0.306 e.